The van der Waals surface area contributed by atoms with E-state index in [1.807, 2.05) is 6.07 Å². The molecule has 0 spiro atoms. The van der Waals surface area contributed by atoms with Gasteiger partial charge in [0.25, 0.3) is 0 Å². The average molecular weight is 193 g/mol. The van der Waals surface area contributed by atoms with E-state index in [1.165, 1.54) is 0 Å². The summed E-state index contributed by atoms with van der Waals surface area (Å²) in [5.41, 5.74) is 7.45. The van der Waals surface area contributed by atoms with Crippen molar-refractivity contribution in [3.8, 4) is 5.75 Å². The van der Waals surface area contributed by atoms with E-state index in [1.54, 1.807) is 17.5 Å². The second kappa shape index (κ2) is 2.79. The second-order valence-electron chi connectivity index (χ2n) is 3.55. The fourth-order valence-electron chi connectivity index (χ4n) is 1.43. The summed E-state index contributed by atoms with van der Waals surface area (Å²) in [5, 5.41) is 11.2. The maximum atomic E-state index is 9.58. The summed E-state index contributed by atoms with van der Waals surface area (Å²) in [6.45, 7) is 0. The molecule has 3 heteroatoms. The molecule has 0 heterocycles. The standard InChI is InChI=1S/C10H11NOS/c11-10(3-4-10)8-5-7(6-13)1-2-9(8)12/h1-2,5-6,12H,3-4,11H2. The molecule has 0 radical (unpaired) electrons. The minimum absolute atomic E-state index is 0.278. The largest absolute Gasteiger partial charge is 0.508 e. The van der Waals surface area contributed by atoms with E-state index in [0.717, 1.165) is 24.0 Å². The number of aromatic hydroxyl groups is 1. The Kier molecular flexibility index (Phi) is 1.86. The van der Waals surface area contributed by atoms with Crippen molar-refractivity contribution in [1.82, 2.24) is 0 Å². The Morgan fingerprint density at radius 1 is 1.46 bits per heavy atom. The molecule has 1 aliphatic rings. The monoisotopic (exact) mass is 193 g/mol. The molecule has 13 heavy (non-hydrogen) atoms. The van der Waals surface area contributed by atoms with Crippen LogP contribution in [0, 0.1) is 0 Å². The lowest BCUT2D eigenvalue weighted by Gasteiger charge is -2.11. The van der Waals surface area contributed by atoms with Crippen LogP contribution in [-0.4, -0.2) is 10.5 Å². The molecule has 1 aliphatic carbocycles. The Labute approximate surface area is 82.4 Å². The van der Waals surface area contributed by atoms with Gasteiger partial charge in [0, 0.05) is 16.5 Å². The van der Waals surface area contributed by atoms with Gasteiger partial charge in [-0.25, -0.2) is 0 Å². The van der Waals surface area contributed by atoms with Crippen LogP contribution < -0.4 is 5.73 Å². The van der Waals surface area contributed by atoms with Gasteiger partial charge in [-0.15, -0.1) is 0 Å². The Balaban J connectivity index is 2.48. The van der Waals surface area contributed by atoms with Gasteiger partial charge < -0.3 is 10.8 Å². The lowest BCUT2D eigenvalue weighted by atomic mass is 10.0. The summed E-state index contributed by atoms with van der Waals surface area (Å²) in [7, 11) is 0. The molecular formula is C10H11NOS. The number of nitrogens with two attached hydrogens (primary N) is 1. The molecule has 2 rings (SSSR count). The van der Waals surface area contributed by atoms with Crippen molar-refractivity contribution >= 4 is 17.6 Å². The third kappa shape index (κ3) is 1.45. The van der Waals surface area contributed by atoms with Crippen LogP contribution in [0.25, 0.3) is 0 Å². The highest BCUT2D eigenvalue weighted by atomic mass is 32.1. The third-order valence-electron chi connectivity index (χ3n) is 2.48. The summed E-state index contributed by atoms with van der Waals surface area (Å²) in [4.78, 5) is 0. The Morgan fingerprint density at radius 3 is 2.69 bits per heavy atom. The Hall–Kier alpha value is -0.930. The maximum absolute atomic E-state index is 9.58. The van der Waals surface area contributed by atoms with Gasteiger partial charge in [-0.2, -0.15) is 0 Å². The van der Waals surface area contributed by atoms with Crippen LogP contribution >= 0.6 is 12.2 Å². The molecule has 0 aliphatic heterocycles. The topological polar surface area (TPSA) is 46.2 Å². The predicted molar refractivity (Wildman–Crippen MR) is 56.0 cm³/mol. The van der Waals surface area contributed by atoms with Crippen LogP contribution in [0.1, 0.15) is 24.0 Å². The highest BCUT2D eigenvalue weighted by Gasteiger charge is 2.41. The first-order valence-corrected chi connectivity index (χ1v) is 4.70. The molecule has 1 aromatic rings. The zero-order valence-electron chi connectivity index (χ0n) is 7.16. The van der Waals surface area contributed by atoms with Crippen LogP contribution in [0.2, 0.25) is 0 Å². The van der Waals surface area contributed by atoms with E-state index in [9.17, 15) is 5.11 Å². The van der Waals surface area contributed by atoms with Crippen molar-refractivity contribution in [3.63, 3.8) is 0 Å². The number of phenolic OH excluding ortho intramolecular Hbond substituents is 1. The number of rotatable bonds is 2. The van der Waals surface area contributed by atoms with Gasteiger partial charge in [0.1, 0.15) is 5.75 Å². The lowest BCUT2D eigenvalue weighted by molar-refractivity contribution is 0.459. The van der Waals surface area contributed by atoms with Gasteiger partial charge in [0.2, 0.25) is 0 Å². The fourth-order valence-corrected chi connectivity index (χ4v) is 1.58. The molecule has 0 atom stereocenters. The van der Waals surface area contributed by atoms with Crippen LogP contribution in [0.5, 0.6) is 5.75 Å². The van der Waals surface area contributed by atoms with Crippen molar-refractivity contribution in [2.24, 2.45) is 5.73 Å². The quantitative estimate of drug-likeness (QED) is 0.703. The van der Waals surface area contributed by atoms with Crippen molar-refractivity contribution in [1.29, 1.82) is 0 Å². The van der Waals surface area contributed by atoms with Gasteiger partial charge in [-0.1, -0.05) is 18.3 Å². The SMILES string of the molecule is NC1(c2cc(C=S)ccc2O)CC1. The molecule has 1 saturated carbocycles. The van der Waals surface area contributed by atoms with E-state index < -0.39 is 0 Å². The molecule has 2 nitrogen and oxygen atoms in total. The highest BCUT2D eigenvalue weighted by molar-refractivity contribution is 7.79. The smallest absolute Gasteiger partial charge is 0.120 e. The number of benzene rings is 1. The minimum atomic E-state index is -0.293. The molecule has 3 N–H and O–H groups in total. The van der Waals surface area contributed by atoms with Crippen LogP contribution in [0.3, 0.4) is 0 Å². The minimum Gasteiger partial charge on any atom is -0.508 e. The van der Waals surface area contributed by atoms with Gasteiger partial charge in [0.05, 0.1) is 0 Å². The average Bonchev–Trinajstić information content (AvgIpc) is 2.86. The van der Waals surface area contributed by atoms with Crippen molar-refractivity contribution < 1.29 is 5.11 Å². The summed E-state index contributed by atoms with van der Waals surface area (Å²) >= 11 is 4.82. The van der Waals surface area contributed by atoms with Gasteiger partial charge in [0.15, 0.2) is 0 Å². The number of hydrogen-bond acceptors (Lipinski definition) is 3. The van der Waals surface area contributed by atoms with Crippen LogP contribution in [0.15, 0.2) is 18.2 Å². The molecule has 0 unspecified atom stereocenters. The first-order chi connectivity index (χ1) is 6.15. The van der Waals surface area contributed by atoms with Crippen LogP contribution in [-0.2, 0) is 5.54 Å². The Morgan fingerprint density at radius 2 is 2.15 bits per heavy atom. The van der Waals surface area contributed by atoms with Crippen LogP contribution in [0.4, 0.5) is 0 Å². The summed E-state index contributed by atoms with van der Waals surface area (Å²) < 4.78 is 0. The van der Waals surface area contributed by atoms with Gasteiger partial charge in [-0.05, 0) is 30.5 Å². The molecule has 1 fully saturated rings. The Bertz CT molecular complexity index is 358. The summed E-state index contributed by atoms with van der Waals surface area (Å²) in [6.07, 6.45) is 1.89. The summed E-state index contributed by atoms with van der Waals surface area (Å²) in [5.74, 6) is 0.278. The molecule has 68 valence electrons. The first-order valence-electron chi connectivity index (χ1n) is 4.23. The summed E-state index contributed by atoms with van der Waals surface area (Å²) in [6, 6.07) is 5.31. The van der Waals surface area contributed by atoms with Gasteiger partial charge in [-0.3, -0.25) is 0 Å². The number of hydrogen-bond donors (Lipinski definition) is 2. The lowest BCUT2D eigenvalue weighted by Crippen LogP contribution is -2.18. The predicted octanol–water partition coefficient (Wildman–Crippen LogP) is 1.69. The highest BCUT2D eigenvalue weighted by Crippen LogP contribution is 2.46. The van der Waals surface area contributed by atoms with Gasteiger partial charge >= 0.3 is 0 Å². The van der Waals surface area contributed by atoms with E-state index in [-0.39, 0.29) is 11.3 Å². The molecule has 0 saturated heterocycles. The van der Waals surface area contributed by atoms with E-state index in [2.05, 4.69) is 0 Å². The second-order valence-corrected chi connectivity index (χ2v) is 3.79. The van der Waals surface area contributed by atoms with Crippen molar-refractivity contribution in [3.05, 3.63) is 29.3 Å². The van der Waals surface area contributed by atoms with Crippen molar-refractivity contribution in [2.75, 3.05) is 0 Å². The molecule has 1 aromatic carbocycles. The number of phenols is 1. The zero-order valence-corrected chi connectivity index (χ0v) is 7.97. The normalized spacial score (nSPS) is 18.2. The first kappa shape index (κ1) is 8.66. The maximum Gasteiger partial charge on any atom is 0.120 e. The number of thiocarbonyl (C=S) groups is 1. The van der Waals surface area contributed by atoms with E-state index >= 15 is 0 Å². The molecule has 0 bridgehead atoms. The van der Waals surface area contributed by atoms with E-state index in [0.29, 0.717) is 0 Å². The third-order valence-corrected chi connectivity index (χ3v) is 2.75. The van der Waals surface area contributed by atoms with E-state index in [4.69, 9.17) is 18.0 Å². The van der Waals surface area contributed by atoms with Crippen molar-refractivity contribution in [2.45, 2.75) is 18.4 Å². The zero-order chi connectivity index (χ0) is 9.47. The molecule has 0 amide bonds. The molecular weight excluding hydrogens is 182 g/mol. The fraction of sp³-hybridized carbons (Fsp3) is 0.300. The molecule has 0 aromatic heterocycles.